The van der Waals surface area contributed by atoms with Crippen molar-refractivity contribution in [1.82, 2.24) is 9.80 Å². The van der Waals surface area contributed by atoms with E-state index in [0.717, 1.165) is 115 Å². The molecule has 12 aliphatic heterocycles. The number of piperidine rings is 4. The third-order valence-corrected chi connectivity index (χ3v) is 28.3. The number of aldehydes is 1. The highest BCUT2D eigenvalue weighted by Gasteiger charge is 2.74. The van der Waals surface area contributed by atoms with Gasteiger partial charge in [-0.3, -0.25) is 36.8 Å². The number of carbonyl (C=O) groups excluding carboxylic acids is 3. The van der Waals surface area contributed by atoms with E-state index in [1.807, 2.05) is 18.4 Å². The molecule has 14 aliphatic rings. The topological polar surface area (TPSA) is 84.7 Å². The van der Waals surface area contributed by atoms with Crippen molar-refractivity contribution in [3.8, 4) is 0 Å². The molecule has 6 aromatic rings. The Morgan fingerprint density at radius 1 is 0.598 bits per heavy atom. The normalized spacial score (nSPS) is 31.0. The van der Waals surface area contributed by atoms with Crippen LogP contribution in [0.5, 0.6) is 0 Å². The van der Waals surface area contributed by atoms with Gasteiger partial charge in [0.05, 0.1) is 67.5 Å². The van der Waals surface area contributed by atoms with Crippen molar-refractivity contribution < 1.29 is 75.7 Å². The maximum absolute atomic E-state index is 14.7. The molecule has 92 heavy (non-hydrogen) atoms. The van der Waals surface area contributed by atoms with E-state index in [1.54, 1.807) is 0 Å². The molecule has 0 radical (unpaired) electrons. The Morgan fingerprint density at radius 2 is 1.10 bits per heavy atom. The van der Waals surface area contributed by atoms with Gasteiger partial charge < -0.3 is 19.2 Å². The molecule has 2 saturated carbocycles. The highest BCUT2D eigenvalue weighted by atomic mass is 32.2. The van der Waals surface area contributed by atoms with Gasteiger partial charge in [0.25, 0.3) is 6.10 Å². The van der Waals surface area contributed by atoms with Crippen LogP contribution in [0, 0.1) is 70.2 Å². The van der Waals surface area contributed by atoms with Crippen molar-refractivity contribution >= 4 is 82.2 Å². The Morgan fingerprint density at radius 3 is 1.72 bits per heavy atom. The summed E-state index contributed by atoms with van der Waals surface area (Å²) in [4.78, 5) is 40.0. The Kier molecular flexibility index (Phi) is 14.4. The molecule has 12 heterocycles. The molecule has 474 valence electrons. The van der Waals surface area contributed by atoms with Crippen LogP contribution >= 0.6 is 23.5 Å². The number of halogens is 12. The third-order valence-electron chi connectivity index (χ3n) is 21.8. The van der Waals surface area contributed by atoms with Gasteiger partial charge in [-0.1, -0.05) is 53.4 Å². The molecule has 26 heteroatoms. The smallest absolute Gasteiger partial charge is 0.762 e. The number of allylic oxidation sites excluding steroid dienone is 1. The lowest BCUT2D eigenvalue weighted by Gasteiger charge is -2.58. The Bertz CT molecular complexity index is 4240. The number of nitrogens with zero attached hydrogens (tertiary/aromatic N) is 4. The van der Waals surface area contributed by atoms with Crippen LogP contribution in [0.15, 0.2) is 158 Å². The van der Waals surface area contributed by atoms with Gasteiger partial charge in [0.15, 0.2) is 61.2 Å². The average Bonchev–Trinajstić information content (AvgIpc) is 1.50. The number of para-hydroxylation sites is 1. The molecule has 9 nitrogen and oxygen atoms in total. The van der Waals surface area contributed by atoms with Crippen LogP contribution in [0.4, 0.5) is 59.4 Å². The average molecular weight is 1350 g/mol. The van der Waals surface area contributed by atoms with Crippen LogP contribution in [0.3, 0.4) is 0 Å². The summed E-state index contributed by atoms with van der Waals surface area (Å²) in [6.45, 7) is 4.65. The van der Waals surface area contributed by atoms with Gasteiger partial charge in [0.2, 0.25) is 11.8 Å². The first-order chi connectivity index (χ1) is 43.8. The predicted molar refractivity (Wildman–Crippen MR) is 317 cm³/mol. The van der Waals surface area contributed by atoms with E-state index in [1.165, 1.54) is 47.4 Å². The summed E-state index contributed by atoms with van der Waals surface area (Å²) in [6, 6.07) is 24.1. The van der Waals surface area contributed by atoms with Gasteiger partial charge in [-0.05, 0) is 122 Å². The van der Waals surface area contributed by atoms with E-state index < -0.39 is 75.8 Å². The van der Waals surface area contributed by atoms with E-state index in [0.29, 0.717) is 62.8 Å². The number of ether oxygens (including phenoxy) is 1. The first kappa shape index (κ1) is 60.6. The fraction of sp³-hybridized carbons (Fsp3) is 0.348. The van der Waals surface area contributed by atoms with Crippen LogP contribution in [-0.4, -0.2) is 109 Å². The molecule has 20 rings (SSSR count). The lowest BCUT2D eigenvalue weighted by molar-refractivity contribution is -0.512. The summed E-state index contributed by atoms with van der Waals surface area (Å²) in [5.74, 6) is -6.34. The van der Waals surface area contributed by atoms with Gasteiger partial charge in [0.1, 0.15) is 17.3 Å². The van der Waals surface area contributed by atoms with E-state index in [4.69, 9.17) is 9.16 Å². The second-order valence-corrected chi connectivity index (χ2v) is 31.0. The number of fused-ring (bicyclic) bond motifs is 8. The second-order valence-electron chi connectivity index (χ2n) is 25.5. The summed E-state index contributed by atoms with van der Waals surface area (Å²) < 4.78 is 164. The van der Waals surface area contributed by atoms with E-state index >= 15 is 0 Å². The number of hydrogen-bond donors (Lipinski definition) is 0. The minimum Gasteiger partial charge on any atom is -1.00 e. The summed E-state index contributed by atoms with van der Waals surface area (Å²) in [5, 5.41) is 0. The lowest BCUT2D eigenvalue weighted by Crippen LogP contribution is -3.00. The number of anilines is 2. The Labute approximate surface area is 532 Å². The number of carbonyl (C=O) groups is 2. The van der Waals surface area contributed by atoms with Crippen molar-refractivity contribution in [2.45, 2.75) is 130 Å². The van der Waals surface area contributed by atoms with Crippen molar-refractivity contribution in [2.24, 2.45) is 23.7 Å². The van der Waals surface area contributed by atoms with Crippen LogP contribution < -0.4 is 14.5 Å². The molecule has 0 unspecified atom stereocenters. The number of benzene rings is 6. The fourth-order valence-electron chi connectivity index (χ4n) is 18.7. The first-order valence-electron chi connectivity index (χ1n) is 30.1. The molecule has 2 aliphatic carbocycles. The van der Waals surface area contributed by atoms with Crippen LogP contribution in [0.25, 0.3) is 0 Å². The monoisotopic (exact) mass is 1350 g/mol. The Hall–Kier alpha value is -6.29. The zero-order valence-corrected chi connectivity index (χ0v) is 51.3. The number of hydrogen-bond acceptors (Lipinski definition) is 8. The van der Waals surface area contributed by atoms with Crippen molar-refractivity contribution in [1.29, 1.82) is 0 Å². The van der Waals surface area contributed by atoms with Gasteiger partial charge >= 0.3 is 13.8 Å². The molecule has 6 aromatic carbocycles. The second kappa shape index (κ2) is 21.9. The summed E-state index contributed by atoms with van der Waals surface area (Å²) in [7, 11) is -6.54. The SMILES string of the molecule is FB(F)F.O=C1C[C@@H]2OCC=C3CN4CC[C@]56c7cc([S+]8c9cc(F)c(F)cc9Sc9cc(F)c(F)cc98)ccc7N1[C@H]5[C@H]2[C@H]3C[C@H]46.O=C1C[C@@H]2[O+]=CC=C3CN4CC[C@]56c7ccccc7N1[C@H]5[C@H]2[C@H]3C[C@H]46.O=S1c2cc(F)c(F)cc2Sc2cc(F)c(F)cc21.[F-]. The van der Waals surface area contributed by atoms with Crippen LogP contribution in [0.1, 0.15) is 49.7 Å². The van der Waals surface area contributed by atoms with E-state index in [9.17, 15) is 61.9 Å². The molecule has 0 N–H and O–H groups in total. The first-order valence-corrected chi connectivity index (χ1v) is 34.1. The molecule has 2 spiro atoms. The quantitative estimate of drug-likeness (QED) is 0.0529. The molecule has 2 amide bonds. The summed E-state index contributed by atoms with van der Waals surface area (Å²) >= 11 is 2.05. The molecule has 12 atom stereocenters. The van der Waals surface area contributed by atoms with Gasteiger partial charge in [0, 0.05) is 87.4 Å². The largest absolute Gasteiger partial charge is 1.00 e. The predicted octanol–water partition coefficient (Wildman–Crippen LogP) is 9.78. The van der Waals surface area contributed by atoms with Crippen molar-refractivity contribution in [3.63, 3.8) is 0 Å². The third kappa shape index (κ3) is 8.62. The highest BCUT2D eigenvalue weighted by Crippen LogP contribution is 2.68. The van der Waals surface area contributed by atoms with Crippen molar-refractivity contribution in [3.05, 3.63) is 172 Å². The molecule has 0 aromatic heterocycles. The maximum atomic E-state index is 14.7. The standard InChI is InChI=1S/C33H25F4N2O2S2.C21H21N2O2.C12H4F4OS2.BF3.FH/c34-19-9-25-27(11-21(19)36)43(28-12-22(37)20(35)10-26(28)42-25)16-1-2-23-18(7-16)33-4-5-38-14-15-3-6-41-24-13-30(40)39(23)32(33)31(24)17(15)8-29(33)38;24-18-10-16-19-13-9-17-21(6-7-22(17)11-12(13)5-8-25-16)14-3-1-2-4-15(14)23(18)20(19)21;13-5-1-9-11(3-7(5)15)19(17)12-4-8(16)6(14)2-10(12)18-9;2-1(3)4;/h1-3,7,9-12,17,24,29,31-32H,4-6,8,13-14H2;1-5,8,13,16-17,19-20H,6-7,9-11H2;1-4H;;1H/q2*+1;;;/p-1/t17-,24-,29-,31-,32-,33+;13-,16-,17-,19-,20-,21+;;;/m00.../s1. The maximum Gasteiger partial charge on any atom is 0.762 e. The lowest BCUT2D eigenvalue weighted by atomic mass is 9.53. The molecular weight excluding hydrogens is 1300 g/mol. The number of rotatable bonds is 1. The van der Waals surface area contributed by atoms with Crippen LogP contribution in [-0.2, 0) is 51.3 Å². The summed E-state index contributed by atoms with van der Waals surface area (Å²) in [5.41, 5.74) is 7.47. The van der Waals surface area contributed by atoms with E-state index in [2.05, 4.69) is 62.1 Å². The number of amides is 2. The fourth-order valence-corrected chi connectivity index (χ4v) is 25.2. The summed E-state index contributed by atoms with van der Waals surface area (Å²) in [6.07, 6.45) is 11.5. The van der Waals surface area contributed by atoms with Gasteiger partial charge in [-0.25, -0.2) is 39.3 Å². The van der Waals surface area contributed by atoms with E-state index in [-0.39, 0.29) is 83.2 Å². The van der Waals surface area contributed by atoms with Crippen LogP contribution in [0.2, 0.25) is 0 Å². The minimum atomic E-state index is -3.67. The zero-order valence-electron chi connectivity index (χ0n) is 48.0. The molecule has 4 bridgehead atoms. The minimum absolute atomic E-state index is 0. The zero-order chi connectivity index (χ0) is 62.6. The van der Waals surface area contributed by atoms with Gasteiger partial charge in [-0.2, -0.15) is 0 Å². The molecular formula is C66H50BF12N4O5S4+. The molecule has 8 fully saturated rings. The van der Waals surface area contributed by atoms with Gasteiger partial charge in [-0.15, -0.1) is 0 Å². The highest BCUT2D eigenvalue weighted by molar-refractivity contribution is 8.04. The van der Waals surface area contributed by atoms with Crippen molar-refractivity contribution in [2.75, 3.05) is 42.6 Å². The Balaban J connectivity index is 0.000000116. The molecule has 6 saturated heterocycles.